The van der Waals surface area contributed by atoms with Gasteiger partial charge >= 0.3 is 0 Å². The SMILES string of the molecule is CCCN(CC)CCNCC(=O)NCC(C)C. The minimum absolute atomic E-state index is 0.0947. The smallest absolute Gasteiger partial charge is 0.233 e. The molecule has 17 heavy (non-hydrogen) atoms. The highest BCUT2D eigenvalue weighted by Crippen LogP contribution is 1.89. The topological polar surface area (TPSA) is 44.4 Å². The highest BCUT2D eigenvalue weighted by atomic mass is 16.1. The van der Waals surface area contributed by atoms with Crippen LogP contribution in [-0.2, 0) is 4.79 Å². The molecule has 0 aromatic carbocycles. The molecule has 0 atom stereocenters. The molecule has 2 N–H and O–H groups in total. The molecule has 0 heterocycles. The van der Waals surface area contributed by atoms with E-state index < -0.39 is 0 Å². The fraction of sp³-hybridized carbons (Fsp3) is 0.923. The summed E-state index contributed by atoms with van der Waals surface area (Å²) in [5.41, 5.74) is 0. The van der Waals surface area contributed by atoms with E-state index in [9.17, 15) is 4.79 Å². The second kappa shape index (κ2) is 10.5. The van der Waals surface area contributed by atoms with Crippen molar-refractivity contribution < 1.29 is 4.79 Å². The van der Waals surface area contributed by atoms with E-state index in [4.69, 9.17) is 0 Å². The Hall–Kier alpha value is -0.610. The molecule has 0 saturated carbocycles. The average Bonchev–Trinajstić information content (AvgIpc) is 2.30. The Morgan fingerprint density at radius 1 is 1.24 bits per heavy atom. The predicted octanol–water partition coefficient (Wildman–Crippen LogP) is 1.08. The van der Waals surface area contributed by atoms with Crippen LogP contribution in [-0.4, -0.2) is 50.1 Å². The molecular formula is C13H29N3O. The van der Waals surface area contributed by atoms with E-state index in [1.54, 1.807) is 0 Å². The lowest BCUT2D eigenvalue weighted by molar-refractivity contribution is -0.120. The summed E-state index contributed by atoms with van der Waals surface area (Å²) in [6.07, 6.45) is 1.18. The van der Waals surface area contributed by atoms with Crippen molar-refractivity contribution in [2.75, 3.05) is 39.3 Å². The zero-order valence-corrected chi connectivity index (χ0v) is 11.9. The van der Waals surface area contributed by atoms with Gasteiger partial charge in [0.15, 0.2) is 0 Å². The monoisotopic (exact) mass is 243 g/mol. The lowest BCUT2D eigenvalue weighted by Gasteiger charge is -2.19. The second-order valence-corrected chi connectivity index (χ2v) is 4.81. The number of nitrogens with one attached hydrogen (secondary N) is 2. The first-order chi connectivity index (χ1) is 8.10. The molecule has 0 spiro atoms. The molecule has 0 aromatic heterocycles. The number of likely N-dealkylation sites (N-methyl/N-ethyl adjacent to an activating group) is 1. The summed E-state index contributed by atoms with van der Waals surface area (Å²) in [6.45, 7) is 13.8. The number of rotatable bonds is 10. The molecule has 0 radical (unpaired) electrons. The van der Waals surface area contributed by atoms with E-state index in [2.05, 4.69) is 43.2 Å². The van der Waals surface area contributed by atoms with Gasteiger partial charge in [0, 0.05) is 19.6 Å². The summed E-state index contributed by atoms with van der Waals surface area (Å²) in [5, 5.41) is 6.07. The van der Waals surface area contributed by atoms with Crippen LogP contribution in [0, 0.1) is 5.92 Å². The molecule has 0 aliphatic heterocycles. The van der Waals surface area contributed by atoms with E-state index in [0.717, 1.165) is 32.7 Å². The summed E-state index contributed by atoms with van der Waals surface area (Å²) in [7, 11) is 0. The van der Waals surface area contributed by atoms with Gasteiger partial charge in [0.05, 0.1) is 6.54 Å². The largest absolute Gasteiger partial charge is 0.355 e. The van der Waals surface area contributed by atoms with Crippen molar-refractivity contribution in [1.82, 2.24) is 15.5 Å². The number of carbonyl (C=O) groups is 1. The Balaban J connectivity index is 3.46. The summed E-state index contributed by atoms with van der Waals surface area (Å²) >= 11 is 0. The van der Waals surface area contributed by atoms with Crippen LogP contribution in [0.4, 0.5) is 0 Å². The molecule has 4 heteroatoms. The van der Waals surface area contributed by atoms with Gasteiger partial charge in [0.1, 0.15) is 0 Å². The van der Waals surface area contributed by atoms with E-state index in [0.29, 0.717) is 12.5 Å². The highest BCUT2D eigenvalue weighted by molar-refractivity contribution is 5.77. The van der Waals surface area contributed by atoms with E-state index in [-0.39, 0.29) is 5.91 Å². The molecule has 0 fully saturated rings. The molecule has 4 nitrogen and oxygen atoms in total. The average molecular weight is 243 g/mol. The standard InChI is InChI=1S/C13H29N3O/c1-5-8-16(6-2)9-7-14-11-13(17)15-10-12(3)4/h12,14H,5-11H2,1-4H3,(H,15,17). The Morgan fingerprint density at radius 3 is 2.47 bits per heavy atom. The maximum absolute atomic E-state index is 11.4. The Morgan fingerprint density at radius 2 is 1.94 bits per heavy atom. The lowest BCUT2D eigenvalue weighted by atomic mass is 10.2. The van der Waals surface area contributed by atoms with Gasteiger partial charge in [-0.25, -0.2) is 0 Å². The minimum Gasteiger partial charge on any atom is -0.355 e. The van der Waals surface area contributed by atoms with Gasteiger partial charge in [0.2, 0.25) is 5.91 Å². The lowest BCUT2D eigenvalue weighted by Crippen LogP contribution is -2.39. The Labute approximate surface area is 106 Å². The molecule has 0 aliphatic rings. The molecule has 1 amide bonds. The zero-order chi connectivity index (χ0) is 13.1. The third-order valence-corrected chi connectivity index (χ3v) is 2.58. The third kappa shape index (κ3) is 10.3. The van der Waals surface area contributed by atoms with E-state index >= 15 is 0 Å². The molecule has 0 saturated heterocycles. The van der Waals surface area contributed by atoms with E-state index in [1.807, 2.05) is 0 Å². The van der Waals surface area contributed by atoms with Crippen LogP contribution < -0.4 is 10.6 Å². The molecule has 0 unspecified atom stereocenters. The molecule has 0 bridgehead atoms. The highest BCUT2D eigenvalue weighted by Gasteiger charge is 2.03. The number of carbonyl (C=O) groups excluding carboxylic acids is 1. The van der Waals surface area contributed by atoms with Gasteiger partial charge in [0.25, 0.3) is 0 Å². The number of amides is 1. The van der Waals surface area contributed by atoms with Gasteiger partial charge in [-0.2, -0.15) is 0 Å². The van der Waals surface area contributed by atoms with Gasteiger partial charge in [-0.3, -0.25) is 4.79 Å². The fourth-order valence-corrected chi connectivity index (χ4v) is 1.56. The quantitative estimate of drug-likeness (QED) is 0.564. The van der Waals surface area contributed by atoms with Crippen LogP contribution >= 0.6 is 0 Å². The first kappa shape index (κ1) is 16.4. The van der Waals surface area contributed by atoms with Gasteiger partial charge in [-0.15, -0.1) is 0 Å². The first-order valence-corrected chi connectivity index (χ1v) is 6.79. The molecule has 0 aliphatic carbocycles. The Kier molecular flexibility index (Phi) is 10.2. The maximum Gasteiger partial charge on any atom is 0.233 e. The van der Waals surface area contributed by atoms with Crippen molar-refractivity contribution in [1.29, 1.82) is 0 Å². The summed E-state index contributed by atoms with van der Waals surface area (Å²) in [6, 6.07) is 0. The van der Waals surface area contributed by atoms with Crippen molar-refractivity contribution in [2.24, 2.45) is 5.92 Å². The normalized spacial score (nSPS) is 11.2. The van der Waals surface area contributed by atoms with Crippen molar-refractivity contribution >= 4 is 5.91 Å². The minimum atomic E-state index is 0.0947. The third-order valence-electron chi connectivity index (χ3n) is 2.58. The van der Waals surface area contributed by atoms with Crippen LogP contribution in [0.3, 0.4) is 0 Å². The summed E-state index contributed by atoms with van der Waals surface area (Å²) in [4.78, 5) is 13.8. The van der Waals surface area contributed by atoms with Crippen LogP contribution in [0.1, 0.15) is 34.1 Å². The molecule has 0 aromatic rings. The number of hydrogen-bond donors (Lipinski definition) is 2. The fourth-order valence-electron chi connectivity index (χ4n) is 1.56. The maximum atomic E-state index is 11.4. The van der Waals surface area contributed by atoms with Crippen molar-refractivity contribution in [3.05, 3.63) is 0 Å². The van der Waals surface area contributed by atoms with Crippen molar-refractivity contribution in [3.8, 4) is 0 Å². The van der Waals surface area contributed by atoms with Crippen LogP contribution in [0.15, 0.2) is 0 Å². The van der Waals surface area contributed by atoms with Crippen LogP contribution in [0.25, 0.3) is 0 Å². The second-order valence-electron chi connectivity index (χ2n) is 4.81. The molecular weight excluding hydrogens is 214 g/mol. The van der Waals surface area contributed by atoms with Gasteiger partial charge in [-0.05, 0) is 25.4 Å². The van der Waals surface area contributed by atoms with Crippen molar-refractivity contribution in [3.63, 3.8) is 0 Å². The Bertz CT molecular complexity index is 195. The van der Waals surface area contributed by atoms with Gasteiger partial charge < -0.3 is 15.5 Å². The summed E-state index contributed by atoms with van der Waals surface area (Å²) in [5.74, 6) is 0.608. The zero-order valence-electron chi connectivity index (χ0n) is 11.9. The van der Waals surface area contributed by atoms with Crippen molar-refractivity contribution in [2.45, 2.75) is 34.1 Å². The van der Waals surface area contributed by atoms with Crippen LogP contribution in [0.2, 0.25) is 0 Å². The number of hydrogen-bond acceptors (Lipinski definition) is 3. The van der Waals surface area contributed by atoms with Crippen LogP contribution in [0.5, 0.6) is 0 Å². The predicted molar refractivity (Wildman–Crippen MR) is 73.1 cm³/mol. The molecule has 102 valence electrons. The summed E-state index contributed by atoms with van der Waals surface area (Å²) < 4.78 is 0. The number of nitrogens with zero attached hydrogens (tertiary/aromatic N) is 1. The van der Waals surface area contributed by atoms with Gasteiger partial charge in [-0.1, -0.05) is 27.7 Å². The van der Waals surface area contributed by atoms with E-state index in [1.165, 1.54) is 6.42 Å². The first-order valence-electron chi connectivity index (χ1n) is 6.79. The molecule has 0 rings (SSSR count).